The Morgan fingerprint density at radius 1 is 0.477 bits per heavy atom. The maximum atomic E-state index is 10.1. The third-order valence-corrected chi connectivity index (χ3v) is 8.88. The predicted octanol–water partition coefficient (Wildman–Crippen LogP) is 10.7. The second-order valence-electron chi connectivity index (χ2n) is 12.6. The molecule has 0 fully saturated rings. The van der Waals surface area contributed by atoms with Gasteiger partial charge in [-0.05, 0) is 82.8 Å². The second kappa shape index (κ2) is 9.73. The second-order valence-corrected chi connectivity index (χ2v) is 12.6. The molecule has 3 nitrogen and oxygen atoms in total. The predicted molar refractivity (Wildman–Crippen MR) is 184 cm³/mol. The normalized spacial score (nSPS) is 12.0. The van der Waals surface area contributed by atoms with E-state index in [0.29, 0.717) is 5.56 Å². The van der Waals surface area contributed by atoms with E-state index in [1.54, 1.807) is 0 Å². The van der Waals surface area contributed by atoms with Crippen molar-refractivity contribution in [3.8, 4) is 28.6 Å². The first-order valence-corrected chi connectivity index (χ1v) is 15.1. The minimum atomic E-state index is 0.0523. The van der Waals surface area contributed by atoms with Crippen molar-refractivity contribution in [1.29, 1.82) is 5.26 Å². The molecule has 8 rings (SSSR count). The van der Waals surface area contributed by atoms with Gasteiger partial charge in [0.2, 0.25) is 0 Å². The largest absolute Gasteiger partial charge is 0.309 e. The van der Waals surface area contributed by atoms with E-state index in [0.717, 1.165) is 33.5 Å². The zero-order valence-corrected chi connectivity index (χ0v) is 25.0. The van der Waals surface area contributed by atoms with Crippen LogP contribution < -0.4 is 0 Å². The van der Waals surface area contributed by atoms with Crippen LogP contribution >= 0.6 is 0 Å². The molecule has 3 heteroatoms. The van der Waals surface area contributed by atoms with Gasteiger partial charge in [0, 0.05) is 32.9 Å². The van der Waals surface area contributed by atoms with Gasteiger partial charge in [0.15, 0.2) is 0 Å². The molecule has 0 radical (unpaired) electrons. The van der Waals surface area contributed by atoms with E-state index < -0.39 is 0 Å². The molecule has 8 aromatic rings. The van der Waals surface area contributed by atoms with Crippen molar-refractivity contribution in [2.45, 2.75) is 26.2 Å². The van der Waals surface area contributed by atoms with E-state index in [4.69, 9.17) is 0 Å². The van der Waals surface area contributed by atoms with Crippen LogP contribution in [0.2, 0.25) is 0 Å². The van der Waals surface area contributed by atoms with Crippen molar-refractivity contribution in [2.24, 2.45) is 0 Å². The minimum absolute atomic E-state index is 0.0523. The number of rotatable bonds is 3. The summed E-state index contributed by atoms with van der Waals surface area (Å²) in [6.45, 7) is 6.76. The van der Waals surface area contributed by atoms with Crippen LogP contribution in [0, 0.1) is 11.3 Å². The van der Waals surface area contributed by atoms with Crippen molar-refractivity contribution in [1.82, 2.24) is 9.13 Å². The lowest BCUT2D eigenvalue weighted by atomic mass is 9.86. The standard InChI is InChI=1S/C41H31N3/c1-41(2,3)30-18-21-40-36(25-30)35-12-6-9-15-39(35)44(40)32-23-27(26-42)22-29(24-32)28-16-19-31(20-17-28)43-37-13-7-4-10-33(37)34-11-5-8-14-38(34)43/h4-25H,1-3H3. The van der Waals surface area contributed by atoms with Crippen molar-refractivity contribution in [3.05, 3.63) is 145 Å². The van der Waals surface area contributed by atoms with Gasteiger partial charge >= 0.3 is 0 Å². The summed E-state index contributed by atoms with van der Waals surface area (Å²) in [4.78, 5) is 0. The van der Waals surface area contributed by atoms with Gasteiger partial charge in [-0.15, -0.1) is 0 Å². The van der Waals surface area contributed by atoms with Crippen LogP contribution in [-0.2, 0) is 5.41 Å². The first-order valence-electron chi connectivity index (χ1n) is 15.1. The minimum Gasteiger partial charge on any atom is -0.309 e. The average Bonchev–Trinajstić information content (AvgIpc) is 3.57. The van der Waals surface area contributed by atoms with Crippen LogP contribution in [0.4, 0.5) is 0 Å². The fourth-order valence-electron chi connectivity index (χ4n) is 6.69. The Kier molecular flexibility index (Phi) is 5.76. The highest BCUT2D eigenvalue weighted by molar-refractivity contribution is 6.10. The summed E-state index contributed by atoms with van der Waals surface area (Å²) in [6.07, 6.45) is 0. The Morgan fingerprint density at radius 3 is 1.57 bits per heavy atom. The molecule has 0 spiro atoms. The number of nitriles is 1. The van der Waals surface area contributed by atoms with Crippen LogP contribution in [0.5, 0.6) is 0 Å². The average molecular weight is 566 g/mol. The van der Waals surface area contributed by atoms with Gasteiger partial charge in [-0.2, -0.15) is 5.26 Å². The van der Waals surface area contributed by atoms with Gasteiger partial charge in [-0.1, -0.05) is 93.6 Å². The van der Waals surface area contributed by atoms with Crippen molar-refractivity contribution in [3.63, 3.8) is 0 Å². The number of para-hydroxylation sites is 3. The highest BCUT2D eigenvalue weighted by Crippen LogP contribution is 2.37. The summed E-state index contributed by atoms with van der Waals surface area (Å²) in [5.74, 6) is 0. The Balaban J connectivity index is 1.28. The van der Waals surface area contributed by atoms with Gasteiger partial charge in [0.25, 0.3) is 0 Å². The Labute approximate surface area is 256 Å². The molecule has 2 heterocycles. The monoisotopic (exact) mass is 565 g/mol. The molecule has 0 unspecified atom stereocenters. The summed E-state index contributed by atoms with van der Waals surface area (Å²) in [7, 11) is 0. The summed E-state index contributed by atoms with van der Waals surface area (Å²) in [5.41, 5.74) is 10.8. The molecule has 6 aromatic carbocycles. The van der Waals surface area contributed by atoms with Crippen molar-refractivity contribution in [2.75, 3.05) is 0 Å². The van der Waals surface area contributed by atoms with Crippen LogP contribution in [0.15, 0.2) is 133 Å². The Bertz CT molecular complexity index is 2370. The first kappa shape index (κ1) is 26.1. The molecule has 0 saturated carbocycles. The van der Waals surface area contributed by atoms with Crippen LogP contribution in [0.25, 0.3) is 66.1 Å². The lowest BCUT2D eigenvalue weighted by Crippen LogP contribution is -2.10. The molecule has 0 bridgehead atoms. The maximum Gasteiger partial charge on any atom is 0.0992 e. The zero-order chi connectivity index (χ0) is 30.0. The summed E-state index contributed by atoms with van der Waals surface area (Å²) >= 11 is 0. The van der Waals surface area contributed by atoms with Gasteiger partial charge < -0.3 is 9.13 Å². The number of hydrogen-bond donors (Lipinski definition) is 0. The fraction of sp³-hybridized carbons (Fsp3) is 0.0976. The number of aromatic nitrogens is 2. The molecule has 210 valence electrons. The molecular formula is C41H31N3. The fourth-order valence-corrected chi connectivity index (χ4v) is 6.69. The summed E-state index contributed by atoms with van der Waals surface area (Å²) in [6, 6.07) is 49.8. The molecule has 0 aliphatic rings. The lowest BCUT2D eigenvalue weighted by molar-refractivity contribution is 0.591. The van der Waals surface area contributed by atoms with E-state index in [2.05, 4.69) is 157 Å². The molecule has 0 aliphatic carbocycles. The topological polar surface area (TPSA) is 33.6 Å². The van der Waals surface area contributed by atoms with Crippen molar-refractivity contribution < 1.29 is 0 Å². The van der Waals surface area contributed by atoms with Gasteiger partial charge in [0.1, 0.15) is 0 Å². The van der Waals surface area contributed by atoms with E-state index in [9.17, 15) is 5.26 Å². The van der Waals surface area contributed by atoms with Crippen LogP contribution in [-0.4, -0.2) is 9.13 Å². The first-order chi connectivity index (χ1) is 21.4. The Hall–Kier alpha value is -5.59. The van der Waals surface area contributed by atoms with Crippen LogP contribution in [0.1, 0.15) is 31.9 Å². The van der Waals surface area contributed by atoms with Gasteiger partial charge in [-0.3, -0.25) is 0 Å². The van der Waals surface area contributed by atoms with Gasteiger partial charge in [0.05, 0.1) is 33.7 Å². The van der Waals surface area contributed by atoms with E-state index in [1.807, 2.05) is 12.1 Å². The van der Waals surface area contributed by atoms with Gasteiger partial charge in [-0.25, -0.2) is 0 Å². The number of hydrogen-bond acceptors (Lipinski definition) is 1. The molecule has 0 aliphatic heterocycles. The zero-order valence-electron chi connectivity index (χ0n) is 25.0. The third kappa shape index (κ3) is 4.03. The molecular weight excluding hydrogens is 534 g/mol. The quantitative estimate of drug-likeness (QED) is 0.210. The maximum absolute atomic E-state index is 10.1. The Morgan fingerprint density at radius 2 is 1.00 bits per heavy atom. The highest BCUT2D eigenvalue weighted by Gasteiger charge is 2.19. The van der Waals surface area contributed by atoms with Crippen LogP contribution in [0.3, 0.4) is 0 Å². The molecule has 0 N–H and O–H groups in total. The number of fused-ring (bicyclic) bond motifs is 6. The lowest BCUT2D eigenvalue weighted by Gasteiger charge is -2.19. The molecule has 44 heavy (non-hydrogen) atoms. The van der Waals surface area contributed by atoms with E-state index in [1.165, 1.54) is 38.1 Å². The van der Waals surface area contributed by atoms with E-state index >= 15 is 0 Å². The number of nitrogens with zero attached hydrogens (tertiary/aromatic N) is 3. The highest BCUT2D eigenvalue weighted by atomic mass is 15.0. The summed E-state index contributed by atoms with van der Waals surface area (Å²) in [5, 5.41) is 15.0. The molecule has 0 saturated heterocycles. The third-order valence-electron chi connectivity index (χ3n) is 8.88. The molecule has 2 aromatic heterocycles. The molecule has 0 atom stereocenters. The number of benzene rings is 6. The summed E-state index contributed by atoms with van der Waals surface area (Å²) < 4.78 is 4.63. The SMILES string of the molecule is CC(C)(C)c1ccc2c(c1)c1ccccc1n2-c1cc(C#N)cc(-c2ccc(-n3c4ccccc4c4ccccc43)cc2)c1. The van der Waals surface area contributed by atoms with E-state index in [-0.39, 0.29) is 5.41 Å². The van der Waals surface area contributed by atoms with Crippen molar-refractivity contribution >= 4 is 43.6 Å². The molecule has 0 amide bonds. The smallest absolute Gasteiger partial charge is 0.0992 e.